The van der Waals surface area contributed by atoms with Crippen LogP contribution in [0.25, 0.3) is 0 Å². The van der Waals surface area contributed by atoms with Gasteiger partial charge in [0.25, 0.3) is 0 Å². The van der Waals surface area contributed by atoms with Gasteiger partial charge in [-0.15, -0.1) is 0 Å². The van der Waals surface area contributed by atoms with Gasteiger partial charge in [0.2, 0.25) is 5.91 Å². The smallest absolute Gasteiger partial charge is 0.238 e. The van der Waals surface area contributed by atoms with Gasteiger partial charge in [0, 0.05) is 10.2 Å². The molecule has 0 aliphatic carbocycles. The summed E-state index contributed by atoms with van der Waals surface area (Å²) >= 11 is 3.42. The number of nitrogens with zero attached hydrogens (tertiary/aromatic N) is 1. The maximum absolute atomic E-state index is 12.1. The molecule has 0 aromatic heterocycles. The molecule has 1 aromatic rings. The van der Waals surface area contributed by atoms with E-state index < -0.39 is 0 Å². The van der Waals surface area contributed by atoms with E-state index in [1.165, 1.54) is 32.1 Å². The Kier molecular flexibility index (Phi) is 5.86. The first-order valence-corrected chi connectivity index (χ1v) is 8.02. The molecule has 1 saturated heterocycles. The van der Waals surface area contributed by atoms with Gasteiger partial charge in [-0.1, -0.05) is 19.3 Å². The molecule has 3 N–H and O–H groups in total. The number of likely N-dealkylation sites (tertiary alicyclic amines) is 1. The molecule has 0 atom stereocenters. The van der Waals surface area contributed by atoms with Crippen LogP contribution in [-0.4, -0.2) is 30.4 Å². The van der Waals surface area contributed by atoms with E-state index in [-0.39, 0.29) is 5.91 Å². The Labute approximate surface area is 128 Å². The molecule has 0 unspecified atom stereocenters. The molecule has 1 amide bonds. The van der Waals surface area contributed by atoms with Crippen LogP contribution in [0.3, 0.4) is 0 Å². The molecule has 2 rings (SSSR count). The lowest BCUT2D eigenvalue weighted by Gasteiger charge is -2.23. The SMILES string of the molecule is Nc1ccc(NC(=O)CN2CCCCCCC2)c(Br)c1. The van der Waals surface area contributed by atoms with E-state index in [4.69, 9.17) is 5.73 Å². The number of nitrogens with one attached hydrogen (secondary N) is 1. The lowest BCUT2D eigenvalue weighted by molar-refractivity contribution is -0.117. The average Bonchev–Trinajstić information content (AvgIpc) is 2.36. The normalized spacial score (nSPS) is 17.2. The monoisotopic (exact) mass is 339 g/mol. The maximum Gasteiger partial charge on any atom is 0.238 e. The quantitative estimate of drug-likeness (QED) is 0.831. The van der Waals surface area contributed by atoms with Gasteiger partial charge in [-0.25, -0.2) is 0 Å². The minimum Gasteiger partial charge on any atom is -0.399 e. The van der Waals surface area contributed by atoms with Crippen molar-refractivity contribution >= 4 is 33.2 Å². The second-order valence-electron chi connectivity index (χ2n) is 5.33. The summed E-state index contributed by atoms with van der Waals surface area (Å²) in [5, 5.41) is 2.94. The molecule has 4 nitrogen and oxygen atoms in total. The van der Waals surface area contributed by atoms with Crippen LogP contribution < -0.4 is 11.1 Å². The Hall–Kier alpha value is -1.07. The number of halogens is 1. The van der Waals surface area contributed by atoms with E-state index in [0.717, 1.165) is 23.2 Å². The van der Waals surface area contributed by atoms with Gasteiger partial charge < -0.3 is 11.1 Å². The highest BCUT2D eigenvalue weighted by Crippen LogP contribution is 2.24. The summed E-state index contributed by atoms with van der Waals surface area (Å²) in [6.45, 7) is 2.52. The number of carbonyl (C=O) groups is 1. The molecule has 110 valence electrons. The Morgan fingerprint density at radius 2 is 1.85 bits per heavy atom. The molecule has 0 radical (unpaired) electrons. The summed E-state index contributed by atoms with van der Waals surface area (Å²) < 4.78 is 0.818. The standard InChI is InChI=1S/C15H22BrN3O/c16-13-10-12(17)6-7-14(13)18-15(20)11-19-8-4-2-1-3-5-9-19/h6-7,10H,1-5,8-9,11,17H2,(H,18,20). The summed E-state index contributed by atoms with van der Waals surface area (Å²) in [5.74, 6) is 0.0380. The van der Waals surface area contributed by atoms with Gasteiger partial charge in [-0.2, -0.15) is 0 Å². The van der Waals surface area contributed by atoms with Crippen LogP contribution in [-0.2, 0) is 4.79 Å². The Morgan fingerprint density at radius 3 is 2.50 bits per heavy atom. The van der Waals surface area contributed by atoms with E-state index in [1.54, 1.807) is 12.1 Å². The van der Waals surface area contributed by atoms with Crippen LogP contribution >= 0.6 is 15.9 Å². The summed E-state index contributed by atoms with van der Waals surface area (Å²) in [5.41, 5.74) is 7.14. The highest BCUT2D eigenvalue weighted by molar-refractivity contribution is 9.10. The molecular formula is C15H22BrN3O. The number of amides is 1. The molecule has 1 heterocycles. The van der Waals surface area contributed by atoms with E-state index in [2.05, 4.69) is 26.1 Å². The molecule has 1 fully saturated rings. The first-order chi connectivity index (χ1) is 9.65. The summed E-state index contributed by atoms with van der Waals surface area (Å²) in [6.07, 6.45) is 6.28. The van der Waals surface area contributed by atoms with Crippen molar-refractivity contribution < 1.29 is 4.79 Å². The Balaban J connectivity index is 1.87. The lowest BCUT2D eigenvalue weighted by atomic mass is 10.1. The number of rotatable bonds is 3. The largest absolute Gasteiger partial charge is 0.399 e. The number of hydrogen-bond acceptors (Lipinski definition) is 3. The number of carbonyl (C=O) groups excluding carboxylic acids is 1. The van der Waals surface area contributed by atoms with E-state index in [0.29, 0.717) is 12.2 Å². The van der Waals surface area contributed by atoms with Crippen molar-refractivity contribution in [2.24, 2.45) is 0 Å². The van der Waals surface area contributed by atoms with E-state index in [9.17, 15) is 4.79 Å². The molecule has 0 saturated carbocycles. The topological polar surface area (TPSA) is 58.4 Å². The Morgan fingerprint density at radius 1 is 1.20 bits per heavy atom. The highest BCUT2D eigenvalue weighted by Gasteiger charge is 2.13. The fourth-order valence-corrected chi connectivity index (χ4v) is 2.99. The van der Waals surface area contributed by atoms with Gasteiger partial charge in [0.15, 0.2) is 0 Å². The number of anilines is 2. The van der Waals surface area contributed by atoms with Crippen LogP contribution in [0.15, 0.2) is 22.7 Å². The second kappa shape index (κ2) is 7.64. The van der Waals surface area contributed by atoms with Crippen molar-refractivity contribution in [1.82, 2.24) is 4.90 Å². The van der Waals surface area contributed by atoms with Crippen molar-refractivity contribution in [1.29, 1.82) is 0 Å². The molecule has 1 aliphatic heterocycles. The third kappa shape index (κ3) is 4.80. The van der Waals surface area contributed by atoms with Gasteiger partial charge >= 0.3 is 0 Å². The first-order valence-electron chi connectivity index (χ1n) is 7.22. The molecular weight excluding hydrogens is 318 g/mol. The highest BCUT2D eigenvalue weighted by atomic mass is 79.9. The zero-order valence-electron chi connectivity index (χ0n) is 11.7. The zero-order chi connectivity index (χ0) is 14.4. The molecule has 20 heavy (non-hydrogen) atoms. The van der Waals surface area contributed by atoms with Crippen molar-refractivity contribution in [3.05, 3.63) is 22.7 Å². The van der Waals surface area contributed by atoms with Crippen LogP contribution in [0.5, 0.6) is 0 Å². The van der Waals surface area contributed by atoms with Gasteiger partial charge in [0.05, 0.1) is 12.2 Å². The van der Waals surface area contributed by atoms with Crippen LogP contribution in [0, 0.1) is 0 Å². The first kappa shape index (κ1) is 15.3. The lowest BCUT2D eigenvalue weighted by Crippen LogP contribution is -2.35. The van der Waals surface area contributed by atoms with E-state index in [1.807, 2.05) is 6.07 Å². The summed E-state index contributed by atoms with van der Waals surface area (Å²) in [6, 6.07) is 5.41. The molecule has 0 spiro atoms. The van der Waals surface area contributed by atoms with Crippen LogP contribution in [0.1, 0.15) is 32.1 Å². The fourth-order valence-electron chi connectivity index (χ4n) is 2.50. The zero-order valence-corrected chi connectivity index (χ0v) is 13.3. The average molecular weight is 340 g/mol. The maximum atomic E-state index is 12.1. The number of benzene rings is 1. The molecule has 1 aromatic carbocycles. The third-order valence-corrected chi connectivity index (χ3v) is 4.24. The fraction of sp³-hybridized carbons (Fsp3) is 0.533. The van der Waals surface area contributed by atoms with Crippen LogP contribution in [0.2, 0.25) is 0 Å². The second-order valence-corrected chi connectivity index (χ2v) is 6.19. The van der Waals surface area contributed by atoms with Crippen LogP contribution in [0.4, 0.5) is 11.4 Å². The van der Waals surface area contributed by atoms with Crippen molar-refractivity contribution in [3.63, 3.8) is 0 Å². The number of hydrogen-bond donors (Lipinski definition) is 2. The molecule has 1 aliphatic rings. The number of nitrogen functional groups attached to an aromatic ring is 1. The van der Waals surface area contributed by atoms with Gasteiger partial charge in [-0.3, -0.25) is 9.69 Å². The predicted octanol–water partition coefficient (Wildman–Crippen LogP) is 3.24. The minimum atomic E-state index is 0.0380. The van der Waals surface area contributed by atoms with Gasteiger partial charge in [-0.05, 0) is 60.1 Å². The molecule has 0 bridgehead atoms. The predicted molar refractivity (Wildman–Crippen MR) is 86.7 cm³/mol. The van der Waals surface area contributed by atoms with Crippen molar-refractivity contribution in [3.8, 4) is 0 Å². The van der Waals surface area contributed by atoms with E-state index >= 15 is 0 Å². The summed E-state index contributed by atoms with van der Waals surface area (Å²) in [7, 11) is 0. The summed E-state index contributed by atoms with van der Waals surface area (Å²) in [4.78, 5) is 14.4. The Bertz CT molecular complexity index is 456. The third-order valence-electron chi connectivity index (χ3n) is 3.58. The minimum absolute atomic E-state index is 0.0380. The van der Waals surface area contributed by atoms with Gasteiger partial charge in [0.1, 0.15) is 0 Å². The van der Waals surface area contributed by atoms with Crippen molar-refractivity contribution in [2.45, 2.75) is 32.1 Å². The van der Waals surface area contributed by atoms with Crippen molar-refractivity contribution in [2.75, 3.05) is 30.7 Å². The molecule has 5 heteroatoms. The number of nitrogens with two attached hydrogens (primary N) is 1.